The first-order valence-electron chi connectivity index (χ1n) is 8.20. The van der Waals surface area contributed by atoms with Crippen LogP contribution in [-0.4, -0.2) is 63.4 Å². The van der Waals surface area contributed by atoms with Gasteiger partial charge in [-0.05, 0) is 0 Å². The van der Waals surface area contributed by atoms with Crippen LogP contribution in [0.4, 0.5) is 22.4 Å². The summed E-state index contributed by atoms with van der Waals surface area (Å²) >= 11 is 0. The van der Waals surface area contributed by atoms with Gasteiger partial charge in [-0.1, -0.05) is 0 Å². The van der Waals surface area contributed by atoms with Crippen LogP contribution in [0, 0.1) is 0 Å². The molecule has 0 saturated carbocycles. The van der Waals surface area contributed by atoms with Gasteiger partial charge in [0.1, 0.15) is 11.5 Å². The molecule has 0 spiro atoms. The first-order chi connectivity index (χ1) is 12.8. The third-order valence-corrected chi connectivity index (χ3v) is 3.47. The molecule has 2 rings (SSSR count). The van der Waals surface area contributed by atoms with Crippen molar-refractivity contribution in [3.63, 3.8) is 0 Å². The van der Waals surface area contributed by atoms with E-state index in [9.17, 15) is 4.79 Å². The molecule has 2 amide bonds. The predicted molar refractivity (Wildman–Crippen MR) is 104 cm³/mol. The summed E-state index contributed by atoms with van der Waals surface area (Å²) in [5.74, 6) is 2.64. The van der Waals surface area contributed by atoms with E-state index in [1.807, 2.05) is 28.2 Å². The second kappa shape index (κ2) is 8.88. The van der Waals surface area contributed by atoms with Gasteiger partial charge in [-0.25, -0.2) is 4.79 Å². The fourth-order valence-corrected chi connectivity index (χ4v) is 2.09. The van der Waals surface area contributed by atoms with Gasteiger partial charge >= 0.3 is 6.03 Å². The van der Waals surface area contributed by atoms with Crippen molar-refractivity contribution >= 4 is 23.6 Å². The van der Waals surface area contributed by atoms with Crippen molar-refractivity contribution in [2.45, 2.75) is 6.54 Å². The molecule has 0 unspecified atom stereocenters. The van der Waals surface area contributed by atoms with Crippen molar-refractivity contribution in [1.29, 1.82) is 0 Å². The molecule has 1 heterocycles. The van der Waals surface area contributed by atoms with E-state index in [1.54, 1.807) is 42.2 Å². The van der Waals surface area contributed by atoms with Crippen LogP contribution in [0.2, 0.25) is 0 Å². The van der Waals surface area contributed by atoms with Crippen molar-refractivity contribution in [3.05, 3.63) is 24.0 Å². The highest BCUT2D eigenvalue weighted by Gasteiger charge is 2.11. The minimum absolute atomic E-state index is 0.150. The number of hydrogen-bond acceptors (Lipinski definition) is 8. The Morgan fingerprint density at radius 3 is 1.89 bits per heavy atom. The van der Waals surface area contributed by atoms with Crippen LogP contribution >= 0.6 is 0 Å². The molecule has 2 N–H and O–H groups in total. The number of benzene rings is 1. The predicted octanol–water partition coefficient (Wildman–Crippen LogP) is 1.34. The fourth-order valence-electron chi connectivity index (χ4n) is 2.09. The molecule has 1 aromatic heterocycles. The number of carbonyl (C=O) groups excluding carboxylic acids is 1. The Balaban J connectivity index is 2.07. The van der Waals surface area contributed by atoms with Crippen LogP contribution in [0.25, 0.3) is 0 Å². The fraction of sp³-hybridized carbons (Fsp3) is 0.412. The summed E-state index contributed by atoms with van der Waals surface area (Å²) in [7, 11) is 10.5. The lowest BCUT2D eigenvalue weighted by atomic mass is 10.3. The molecule has 0 aliphatic rings. The minimum Gasteiger partial charge on any atom is -0.497 e. The van der Waals surface area contributed by atoms with Gasteiger partial charge in [0, 0.05) is 52.1 Å². The van der Waals surface area contributed by atoms with Gasteiger partial charge in [0.2, 0.25) is 11.9 Å². The number of nitrogens with one attached hydrogen (secondary N) is 2. The highest BCUT2D eigenvalue weighted by Crippen LogP contribution is 2.25. The molecule has 10 nitrogen and oxygen atoms in total. The lowest BCUT2D eigenvalue weighted by Crippen LogP contribution is -2.30. The Bertz CT molecular complexity index is 748. The highest BCUT2D eigenvalue weighted by molar-refractivity contribution is 5.89. The Hall–Kier alpha value is -3.30. The number of amides is 2. The lowest BCUT2D eigenvalue weighted by molar-refractivity contribution is 0.251. The average molecular weight is 375 g/mol. The number of aromatic nitrogens is 3. The van der Waals surface area contributed by atoms with E-state index in [0.29, 0.717) is 34.9 Å². The summed E-state index contributed by atoms with van der Waals surface area (Å²) in [6.07, 6.45) is 0. The maximum Gasteiger partial charge on any atom is 0.319 e. The third-order valence-electron chi connectivity index (χ3n) is 3.47. The highest BCUT2D eigenvalue weighted by atomic mass is 16.5. The SMILES string of the molecule is COc1cc(NC(=O)NCc2nc(N(C)C)nc(N(C)C)n2)cc(OC)c1. The smallest absolute Gasteiger partial charge is 0.319 e. The van der Waals surface area contributed by atoms with Gasteiger partial charge in [-0.15, -0.1) is 0 Å². The lowest BCUT2D eigenvalue weighted by Gasteiger charge is -2.16. The zero-order valence-electron chi connectivity index (χ0n) is 16.4. The van der Waals surface area contributed by atoms with Crippen molar-refractivity contribution < 1.29 is 14.3 Å². The van der Waals surface area contributed by atoms with Crippen LogP contribution < -0.4 is 29.9 Å². The molecule has 0 atom stereocenters. The van der Waals surface area contributed by atoms with E-state index in [2.05, 4.69) is 25.6 Å². The summed E-state index contributed by atoms with van der Waals surface area (Å²) in [4.78, 5) is 28.8. The normalized spacial score (nSPS) is 10.1. The number of methoxy groups -OCH3 is 2. The Kier molecular flexibility index (Phi) is 6.58. The van der Waals surface area contributed by atoms with E-state index >= 15 is 0 Å². The van der Waals surface area contributed by atoms with E-state index in [4.69, 9.17) is 9.47 Å². The quantitative estimate of drug-likeness (QED) is 0.747. The molecule has 0 aliphatic carbocycles. The summed E-state index contributed by atoms with van der Waals surface area (Å²) < 4.78 is 10.4. The van der Waals surface area contributed by atoms with Gasteiger partial charge in [-0.3, -0.25) is 0 Å². The summed E-state index contributed by atoms with van der Waals surface area (Å²) in [5.41, 5.74) is 0.544. The summed E-state index contributed by atoms with van der Waals surface area (Å²) in [5, 5.41) is 5.47. The summed E-state index contributed by atoms with van der Waals surface area (Å²) in [6.45, 7) is 0.150. The molecule has 2 aromatic rings. The van der Waals surface area contributed by atoms with Crippen LogP contribution in [0.5, 0.6) is 11.5 Å². The molecule has 1 aromatic carbocycles. The molecule has 0 fully saturated rings. The topological polar surface area (TPSA) is 105 Å². The standard InChI is InChI=1S/C17H25N7O3/c1-23(2)15-20-14(21-16(22-15)24(3)4)10-18-17(25)19-11-7-12(26-5)9-13(8-11)27-6/h7-9H,10H2,1-6H3,(H2,18,19,25). The van der Waals surface area contributed by atoms with Crippen molar-refractivity contribution in [3.8, 4) is 11.5 Å². The van der Waals surface area contributed by atoms with Gasteiger partial charge in [0.15, 0.2) is 5.82 Å². The van der Waals surface area contributed by atoms with Crippen LogP contribution in [0.15, 0.2) is 18.2 Å². The van der Waals surface area contributed by atoms with E-state index < -0.39 is 6.03 Å². The maximum absolute atomic E-state index is 12.2. The van der Waals surface area contributed by atoms with Crippen molar-refractivity contribution in [1.82, 2.24) is 20.3 Å². The first-order valence-corrected chi connectivity index (χ1v) is 8.20. The maximum atomic E-state index is 12.2. The number of hydrogen-bond donors (Lipinski definition) is 2. The molecule has 27 heavy (non-hydrogen) atoms. The number of urea groups is 1. The van der Waals surface area contributed by atoms with E-state index in [-0.39, 0.29) is 6.54 Å². The van der Waals surface area contributed by atoms with Crippen LogP contribution in [0.3, 0.4) is 0 Å². The Morgan fingerprint density at radius 2 is 1.44 bits per heavy atom. The molecule has 0 bridgehead atoms. The van der Waals surface area contributed by atoms with Gasteiger partial charge < -0.3 is 29.9 Å². The Morgan fingerprint density at radius 1 is 0.926 bits per heavy atom. The molecular weight excluding hydrogens is 350 g/mol. The largest absolute Gasteiger partial charge is 0.497 e. The molecule has 10 heteroatoms. The van der Waals surface area contributed by atoms with Crippen LogP contribution in [0.1, 0.15) is 5.82 Å². The van der Waals surface area contributed by atoms with Gasteiger partial charge in [0.25, 0.3) is 0 Å². The number of ether oxygens (including phenoxy) is 2. The number of nitrogens with zero attached hydrogens (tertiary/aromatic N) is 5. The van der Waals surface area contributed by atoms with Gasteiger partial charge in [0.05, 0.1) is 20.8 Å². The monoisotopic (exact) mass is 375 g/mol. The molecular formula is C17H25N7O3. The Labute approximate surface area is 158 Å². The minimum atomic E-state index is -0.400. The zero-order valence-corrected chi connectivity index (χ0v) is 16.4. The number of anilines is 3. The summed E-state index contributed by atoms with van der Waals surface area (Å²) in [6, 6.07) is 4.71. The molecule has 0 aliphatic heterocycles. The van der Waals surface area contributed by atoms with Crippen molar-refractivity contribution in [2.75, 3.05) is 57.5 Å². The second-order valence-corrected chi connectivity index (χ2v) is 6.05. The van der Waals surface area contributed by atoms with E-state index in [0.717, 1.165) is 0 Å². The zero-order chi connectivity index (χ0) is 20.0. The average Bonchev–Trinajstić information content (AvgIpc) is 2.65. The first kappa shape index (κ1) is 20.0. The number of rotatable bonds is 7. The van der Waals surface area contributed by atoms with Crippen molar-refractivity contribution in [2.24, 2.45) is 0 Å². The van der Waals surface area contributed by atoms with Crippen LogP contribution in [-0.2, 0) is 6.54 Å². The second-order valence-electron chi connectivity index (χ2n) is 6.05. The third kappa shape index (κ3) is 5.59. The molecule has 0 radical (unpaired) electrons. The number of carbonyl (C=O) groups is 1. The van der Waals surface area contributed by atoms with Gasteiger partial charge in [-0.2, -0.15) is 15.0 Å². The molecule has 146 valence electrons. The molecule has 0 saturated heterocycles. The van der Waals surface area contributed by atoms with E-state index in [1.165, 1.54) is 0 Å².